The van der Waals surface area contributed by atoms with Crippen LogP contribution in [-0.4, -0.2) is 28.9 Å². The summed E-state index contributed by atoms with van der Waals surface area (Å²) in [5.41, 5.74) is 1.79. The lowest BCUT2D eigenvalue weighted by Crippen LogP contribution is -2.52. The van der Waals surface area contributed by atoms with Crippen LogP contribution in [0.3, 0.4) is 0 Å². The summed E-state index contributed by atoms with van der Waals surface area (Å²) in [5, 5.41) is 4.95. The highest BCUT2D eigenvalue weighted by Crippen LogP contribution is 2.28. The van der Waals surface area contributed by atoms with Crippen molar-refractivity contribution in [3.63, 3.8) is 0 Å². The van der Waals surface area contributed by atoms with Gasteiger partial charge in [0, 0.05) is 7.05 Å². The maximum Gasteiger partial charge on any atom is 0.265 e. The number of ether oxygens (including phenoxy) is 1. The predicted octanol–water partition coefficient (Wildman–Crippen LogP) is 4.44. The SMILES string of the molecule is CN1C(=O)/C(=C/c2ccc(OCc3ccc4ccccc4c3)c(Br)c2)C(=O)NC1=S. The molecule has 1 saturated heterocycles. The van der Waals surface area contributed by atoms with E-state index >= 15 is 0 Å². The second-order valence-corrected chi connectivity index (χ2v) is 8.08. The molecule has 3 aromatic rings. The first kappa shape index (κ1) is 20.3. The fourth-order valence-electron chi connectivity index (χ4n) is 3.13. The molecule has 150 valence electrons. The molecule has 0 bridgehead atoms. The van der Waals surface area contributed by atoms with E-state index in [9.17, 15) is 9.59 Å². The summed E-state index contributed by atoms with van der Waals surface area (Å²) < 4.78 is 6.68. The van der Waals surface area contributed by atoms with Crippen LogP contribution in [0.15, 0.2) is 70.7 Å². The van der Waals surface area contributed by atoms with Gasteiger partial charge in [-0.2, -0.15) is 0 Å². The third-order valence-electron chi connectivity index (χ3n) is 4.78. The van der Waals surface area contributed by atoms with Gasteiger partial charge in [0.2, 0.25) is 0 Å². The molecule has 0 saturated carbocycles. The number of fused-ring (bicyclic) bond motifs is 1. The quantitative estimate of drug-likeness (QED) is 0.340. The Balaban J connectivity index is 1.51. The molecule has 1 N–H and O–H groups in total. The Morgan fingerprint density at radius 1 is 1.07 bits per heavy atom. The van der Waals surface area contributed by atoms with Crippen molar-refractivity contribution >= 4 is 61.9 Å². The number of likely N-dealkylation sites (N-methyl/N-ethyl adjacent to an activating group) is 1. The zero-order valence-electron chi connectivity index (χ0n) is 16.0. The molecule has 0 spiro atoms. The van der Waals surface area contributed by atoms with Gasteiger partial charge in [-0.15, -0.1) is 0 Å². The normalized spacial score (nSPS) is 15.6. The Bertz CT molecular complexity index is 1220. The van der Waals surface area contributed by atoms with Crippen LogP contribution in [0.4, 0.5) is 0 Å². The average molecular weight is 481 g/mol. The molecule has 7 heteroatoms. The van der Waals surface area contributed by atoms with E-state index in [1.807, 2.05) is 18.2 Å². The maximum atomic E-state index is 12.3. The highest BCUT2D eigenvalue weighted by atomic mass is 79.9. The van der Waals surface area contributed by atoms with Gasteiger partial charge >= 0.3 is 0 Å². The number of hydrogen-bond acceptors (Lipinski definition) is 4. The zero-order chi connectivity index (χ0) is 21.3. The van der Waals surface area contributed by atoms with E-state index in [-0.39, 0.29) is 10.7 Å². The van der Waals surface area contributed by atoms with Gasteiger partial charge in [-0.1, -0.05) is 42.5 Å². The molecule has 0 unspecified atom stereocenters. The zero-order valence-corrected chi connectivity index (χ0v) is 18.4. The number of carbonyl (C=O) groups is 2. The lowest BCUT2D eigenvalue weighted by Gasteiger charge is -2.25. The average Bonchev–Trinajstić information content (AvgIpc) is 2.74. The van der Waals surface area contributed by atoms with Crippen LogP contribution in [0.2, 0.25) is 0 Å². The van der Waals surface area contributed by atoms with E-state index in [4.69, 9.17) is 17.0 Å². The smallest absolute Gasteiger partial charge is 0.265 e. The summed E-state index contributed by atoms with van der Waals surface area (Å²) in [5.74, 6) is -0.268. The Hall–Kier alpha value is -3.03. The molecule has 0 radical (unpaired) electrons. The highest BCUT2D eigenvalue weighted by molar-refractivity contribution is 9.10. The van der Waals surface area contributed by atoms with Gasteiger partial charge in [0.15, 0.2) is 5.11 Å². The summed E-state index contributed by atoms with van der Waals surface area (Å²) in [4.78, 5) is 25.7. The van der Waals surface area contributed by atoms with Gasteiger partial charge < -0.3 is 4.74 Å². The van der Waals surface area contributed by atoms with Crippen LogP contribution in [0.1, 0.15) is 11.1 Å². The van der Waals surface area contributed by atoms with Crippen LogP contribution in [-0.2, 0) is 16.2 Å². The van der Waals surface area contributed by atoms with E-state index in [2.05, 4.69) is 45.5 Å². The van der Waals surface area contributed by atoms with Crippen molar-refractivity contribution in [2.24, 2.45) is 0 Å². The van der Waals surface area contributed by atoms with Gasteiger partial charge in [-0.3, -0.25) is 19.8 Å². The predicted molar refractivity (Wildman–Crippen MR) is 124 cm³/mol. The third kappa shape index (κ3) is 4.13. The van der Waals surface area contributed by atoms with Crippen LogP contribution in [0.5, 0.6) is 5.75 Å². The number of carbonyl (C=O) groups excluding carboxylic acids is 2. The van der Waals surface area contributed by atoms with Gasteiger partial charge in [-0.05, 0) is 74.3 Å². The molecule has 4 rings (SSSR count). The molecule has 1 aliphatic rings. The minimum absolute atomic E-state index is 0.0304. The van der Waals surface area contributed by atoms with E-state index < -0.39 is 11.8 Å². The minimum Gasteiger partial charge on any atom is -0.488 e. The molecule has 0 aliphatic carbocycles. The van der Waals surface area contributed by atoms with Crippen molar-refractivity contribution in [3.8, 4) is 5.75 Å². The number of rotatable bonds is 4. The van der Waals surface area contributed by atoms with Crippen LogP contribution < -0.4 is 10.1 Å². The molecule has 0 atom stereocenters. The van der Waals surface area contributed by atoms with Crippen LogP contribution >= 0.6 is 28.1 Å². The van der Waals surface area contributed by atoms with E-state index in [1.165, 1.54) is 28.8 Å². The molecule has 1 heterocycles. The lowest BCUT2D eigenvalue weighted by molar-refractivity contribution is -0.128. The van der Waals surface area contributed by atoms with Crippen molar-refractivity contribution in [2.45, 2.75) is 6.61 Å². The molecule has 5 nitrogen and oxygen atoms in total. The van der Waals surface area contributed by atoms with E-state index in [0.717, 1.165) is 10.0 Å². The summed E-state index contributed by atoms with van der Waals surface area (Å²) >= 11 is 8.46. The van der Waals surface area contributed by atoms with Gasteiger partial charge in [-0.25, -0.2) is 0 Å². The van der Waals surface area contributed by atoms with Crippen molar-refractivity contribution in [1.82, 2.24) is 10.2 Å². The van der Waals surface area contributed by atoms with Gasteiger partial charge in [0.05, 0.1) is 4.47 Å². The molecular formula is C23H17BrN2O3S. The maximum absolute atomic E-state index is 12.3. The number of hydrogen-bond donors (Lipinski definition) is 1. The number of thiocarbonyl (C=S) groups is 1. The molecule has 3 aromatic carbocycles. The molecule has 0 aromatic heterocycles. The standard InChI is InChI=1S/C23H17BrN2O3S/c1-26-22(28)18(21(27)25-23(26)30)11-14-7-9-20(19(24)12-14)29-13-15-6-8-16-4-2-3-5-17(16)10-15/h2-12H,13H2,1H3,(H,25,27,30)/b18-11+. The number of benzene rings is 3. The monoisotopic (exact) mass is 480 g/mol. The summed E-state index contributed by atoms with van der Waals surface area (Å²) in [6.45, 7) is 0.424. The molecule has 1 fully saturated rings. The van der Waals surface area contributed by atoms with Crippen molar-refractivity contribution in [3.05, 3.63) is 81.8 Å². The second kappa shape index (κ2) is 8.38. The molecule has 2 amide bonds. The largest absolute Gasteiger partial charge is 0.488 e. The second-order valence-electron chi connectivity index (χ2n) is 6.84. The van der Waals surface area contributed by atoms with Crippen molar-refractivity contribution in [2.75, 3.05) is 7.05 Å². The first-order chi connectivity index (χ1) is 14.4. The summed E-state index contributed by atoms with van der Waals surface area (Å²) in [6.07, 6.45) is 1.54. The molecule has 30 heavy (non-hydrogen) atoms. The van der Waals surface area contributed by atoms with Gasteiger partial charge in [0.1, 0.15) is 17.9 Å². The first-order valence-corrected chi connectivity index (χ1v) is 10.4. The fraction of sp³-hybridized carbons (Fsp3) is 0.0870. The fourth-order valence-corrected chi connectivity index (χ4v) is 3.81. The van der Waals surface area contributed by atoms with Crippen molar-refractivity contribution in [1.29, 1.82) is 0 Å². The Labute approximate surface area is 187 Å². The third-order valence-corrected chi connectivity index (χ3v) is 5.78. The van der Waals surface area contributed by atoms with Crippen molar-refractivity contribution < 1.29 is 14.3 Å². The number of nitrogens with one attached hydrogen (secondary N) is 1. The van der Waals surface area contributed by atoms with E-state index in [0.29, 0.717) is 17.9 Å². The Kier molecular flexibility index (Phi) is 5.65. The lowest BCUT2D eigenvalue weighted by atomic mass is 10.1. The first-order valence-electron chi connectivity index (χ1n) is 9.17. The Morgan fingerprint density at radius 2 is 1.83 bits per heavy atom. The molecular weight excluding hydrogens is 464 g/mol. The van der Waals surface area contributed by atoms with Crippen LogP contribution in [0.25, 0.3) is 16.8 Å². The summed E-state index contributed by atoms with van der Waals surface area (Å²) in [6, 6.07) is 19.8. The highest BCUT2D eigenvalue weighted by Gasteiger charge is 2.30. The Morgan fingerprint density at radius 3 is 2.60 bits per heavy atom. The number of halogens is 1. The molecule has 1 aliphatic heterocycles. The van der Waals surface area contributed by atoms with Crippen LogP contribution in [0, 0.1) is 0 Å². The summed E-state index contributed by atoms with van der Waals surface area (Å²) in [7, 11) is 1.53. The number of nitrogens with zero attached hydrogens (tertiary/aromatic N) is 1. The topological polar surface area (TPSA) is 58.6 Å². The van der Waals surface area contributed by atoms with Gasteiger partial charge in [0.25, 0.3) is 11.8 Å². The van der Waals surface area contributed by atoms with E-state index in [1.54, 1.807) is 18.2 Å². The number of amides is 2. The minimum atomic E-state index is -0.504.